The molecule has 2 aromatic carbocycles. The highest BCUT2D eigenvalue weighted by Gasteiger charge is 2.22. The van der Waals surface area contributed by atoms with Gasteiger partial charge in [-0.05, 0) is 37.3 Å². The van der Waals surface area contributed by atoms with Gasteiger partial charge in [-0.1, -0.05) is 39.0 Å². The van der Waals surface area contributed by atoms with Gasteiger partial charge in [0.25, 0.3) is 5.91 Å². The topological polar surface area (TPSA) is 51.9 Å². The van der Waals surface area contributed by atoms with E-state index in [2.05, 4.69) is 79.1 Å². The molecular weight excluding hydrogens is 348 g/mol. The Kier molecular flexibility index (Phi) is 4.26. The van der Waals surface area contributed by atoms with Crippen LogP contribution < -0.4 is 5.32 Å². The van der Waals surface area contributed by atoms with E-state index in [-0.39, 0.29) is 11.3 Å². The van der Waals surface area contributed by atoms with Gasteiger partial charge in [0.2, 0.25) is 0 Å². The van der Waals surface area contributed by atoms with Crippen LogP contribution in [-0.2, 0) is 19.0 Å². The molecule has 0 bridgehead atoms. The fourth-order valence-corrected chi connectivity index (χ4v) is 3.71. The molecule has 4 aromatic rings. The molecule has 144 valence electrons. The maximum absolute atomic E-state index is 12.9. The van der Waals surface area contributed by atoms with E-state index in [9.17, 15) is 4.79 Å². The number of benzene rings is 2. The Morgan fingerprint density at radius 3 is 2.43 bits per heavy atom. The third-order valence-electron chi connectivity index (χ3n) is 5.23. The first kappa shape index (κ1) is 18.3. The molecule has 0 aliphatic rings. The lowest BCUT2D eigenvalue weighted by atomic mass is 9.92. The average molecular weight is 374 g/mol. The summed E-state index contributed by atoms with van der Waals surface area (Å²) in [6, 6.07) is 16.4. The van der Waals surface area contributed by atoms with E-state index in [1.54, 1.807) is 4.68 Å². The summed E-state index contributed by atoms with van der Waals surface area (Å²) < 4.78 is 3.95. The second kappa shape index (κ2) is 6.51. The van der Waals surface area contributed by atoms with E-state index in [0.717, 1.165) is 23.3 Å². The number of aryl methyl sites for hydroxylation is 2. The summed E-state index contributed by atoms with van der Waals surface area (Å²) in [6.07, 6.45) is 0. The molecule has 0 spiro atoms. The lowest BCUT2D eigenvalue weighted by Gasteiger charge is -2.13. The van der Waals surface area contributed by atoms with Crippen LogP contribution in [-0.4, -0.2) is 20.3 Å². The lowest BCUT2D eigenvalue weighted by Crippen LogP contribution is -2.16. The first-order valence-corrected chi connectivity index (χ1v) is 9.66. The maximum Gasteiger partial charge on any atom is 0.273 e. The van der Waals surface area contributed by atoms with Crippen LogP contribution in [0.2, 0.25) is 0 Å². The molecule has 5 heteroatoms. The number of hydrogen-bond acceptors (Lipinski definition) is 2. The highest BCUT2D eigenvalue weighted by Crippen LogP contribution is 2.31. The Labute approximate surface area is 165 Å². The molecule has 0 atom stereocenters. The summed E-state index contributed by atoms with van der Waals surface area (Å²) in [6.45, 7) is 9.33. The molecule has 0 aliphatic heterocycles. The standard InChI is InChI=1S/C23H26N4O/c1-6-27-18-10-8-7-9-16(18)17-13-15(11-12-19(17)27)24-22(28)20-14-21(23(2,3)4)25-26(20)5/h7-14H,6H2,1-5H3,(H,24,28). The van der Waals surface area contributed by atoms with Gasteiger partial charge in [-0.2, -0.15) is 5.10 Å². The summed E-state index contributed by atoms with van der Waals surface area (Å²) in [5.41, 5.74) is 4.54. The molecule has 2 heterocycles. The van der Waals surface area contributed by atoms with E-state index < -0.39 is 0 Å². The van der Waals surface area contributed by atoms with Crippen LogP contribution in [0.4, 0.5) is 5.69 Å². The van der Waals surface area contributed by atoms with Gasteiger partial charge in [-0.15, -0.1) is 0 Å². The van der Waals surface area contributed by atoms with E-state index in [1.807, 2.05) is 19.2 Å². The number of nitrogens with zero attached hydrogens (tertiary/aromatic N) is 3. The zero-order valence-electron chi connectivity index (χ0n) is 17.1. The van der Waals surface area contributed by atoms with Crippen molar-refractivity contribution in [3.05, 3.63) is 59.9 Å². The summed E-state index contributed by atoms with van der Waals surface area (Å²) in [4.78, 5) is 12.9. The maximum atomic E-state index is 12.9. The van der Waals surface area contributed by atoms with Gasteiger partial charge >= 0.3 is 0 Å². The van der Waals surface area contributed by atoms with Crippen LogP contribution in [0.25, 0.3) is 21.8 Å². The molecular formula is C23H26N4O. The quantitative estimate of drug-likeness (QED) is 0.542. The third-order valence-corrected chi connectivity index (χ3v) is 5.23. The summed E-state index contributed by atoms with van der Waals surface area (Å²) in [7, 11) is 1.81. The van der Waals surface area contributed by atoms with Crippen LogP contribution in [0.3, 0.4) is 0 Å². The molecule has 0 fully saturated rings. The van der Waals surface area contributed by atoms with Crippen molar-refractivity contribution in [3.8, 4) is 0 Å². The van der Waals surface area contributed by atoms with Crippen molar-refractivity contribution < 1.29 is 4.79 Å². The minimum absolute atomic E-state index is 0.100. The predicted molar refractivity (Wildman–Crippen MR) is 115 cm³/mol. The molecule has 4 rings (SSSR count). The van der Waals surface area contributed by atoms with E-state index in [1.165, 1.54) is 16.4 Å². The zero-order valence-corrected chi connectivity index (χ0v) is 17.1. The van der Waals surface area contributed by atoms with E-state index in [0.29, 0.717) is 5.69 Å². The molecule has 5 nitrogen and oxygen atoms in total. The van der Waals surface area contributed by atoms with Gasteiger partial charge in [-0.25, -0.2) is 0 Å². The van der Waals surface area contributed by atoms with Gasteiger partial charge < -0.3 is 9.88 Å². The molecule has 0 saturated heterocycles. The Balaban J connectivity index is 1.72. The van der Waals surface area contributed by atoms with Crippen molar-refractivity contribution >= 4 is 33.4 Å². The smallest absolute Gasteiger partial charge is 0.273 e. The molecule has 1 N–H and O–H groups in total. The van der Waals surface area contributed by atoms with Crippen LogP contribution in [0.5, 0.6) is 0 Å². The van der Waals surface area contributed by atoms with Crippen molar-refractivity contribution in [2.75, 3.05) is 5.32 Å². The summed E-state index contributed by atoms with van der Waals surface area (Å²) in [5, 5.41) is 9.89. The van der Waals surface area contributed by atoms with Crippen molar-refractivity contribution in [1.29, 1.82) is 0 Å². The Bertz CT molecular complexity index is 1190. The first-order chi connectivity index (χ1) is 13.3. The van der Waals surface area contributed by atoms with Crippen molar-refractivity contribution in [1.82, 2.24) is 14.3 Å². The number of aromatic nitrogens is 3. The van der Waals surface area contributed by atoms with Crippen molar-refractivity contribution in [3.63, 3.8) is 0 Å². The number of rotatable bonds is 3. The second-order valence-electron chi connectivity index (χ2n) is 8.24. The number of anilines is 1. The number of hydrogen-bond donors (Lipinski definition) is 1. The Morgan fingerprint density at radius 2 is 1.75 bits per heavy atom. The fourth-order valence-electron chi connectivity index (χ4n) is 3.71. The van der Waals surface area contributed by atoms with Gasteiger partial charge in [-0.3, -0.25) is 9.48 Å². The zero-order chi connectivity index (χ0) is 20.1. The van der Waals surface area contributed by atoms with E-state index >= 15 is 0 Å². The number of carbonyl (C=O) groups excluding carboxylic acids is 1. The predicted octanol–water partition coefficient (Wildman–Crippen LogP) is 5.10. The number of carbonyl (C=O) groups is 1. The largest absolute Gasteiger partial charge is 0.341 e. The molecule has 0 aliphatic carbocycles. The fraction of sp³-hybridized carbons (Fsp3) is 0.304. The molecule has 0 saturated carbocycles. The van der Waals surface area contributed by atoms with Gasteiger partial charge in [0.15, 0.2) is 0 Å². The summed E-state index contributed by atoms with van der Waals surface area (Å²) in [5.74, 6) is -0.149. The highest BCUT2D eigenvalue weighted by molar-refractivity contribution is 6.10. The van der Waals surface area contributed by atoms with Crippen LogP contribution >= 0.6 is 0 Å². The molecule has 1 amide bonds. The van der Waals surface area contributed by atoms with Crippen LogP contribution in [0.15, 0.2) is 48.5 Å². The Hall–Kier alpha value is -3.08. The lowest BCUT2D eigenvalue weighted by molar-refractivity contribution is 0.101. The van der Waals surface area contributed by atoms with Gasteiger partial charge in [0.1, 0.15) is 5.69 Å². The van der Waals surface area contributed by atoms with Crippen molar-refractivity contribution in [2.45, 2.75) is 39.7 Å². The average Bonchev–Trinajstić information content (AvgIpc) is 3.19. The first-order valence-electron chi connectivity index (χ1n) is 9.66. The van der Waals surface area contributed by atoms with E-state index in [4.69, 9.17) is 0 Å². The van der Waals surface area contributed by atoms with Crippen LogP contribution in [0.1, 0.15) is 43.9 Å². The number of nitrogens with one attached hydrogen (secondary N) is 1. The number of amides is 1. The SMILES string of the molecule is CCn1c2ccccc2c2cc(NC(=O)c3cc(C(C)(C)C)nn3C)ccc21. The molecule has 2 aromatic heterocycles. The highest BCUT2D eigenvalue weighted by atomic mass is 16.2. The normalized spacial score (nSPS) is 12.0. The van der Waals surface area contributed by atoms with Crippen LogP contribution in [0, 0.1) is 0 Å². The number of fused-ring (bicyclic) bond motifs is 3. The molecule has 28 heavy (non-hydrogen) atoms. The summed E-state index contributed by atoms with van der Waals surface area (Å²) >= 11 is 0. The third kappa shape index (κ3) is 2.97. The minimum Gasteiger partial charge on any atom is -0.341 e. The van der Waals surface area contributed by atoms with Gasteiger partial charge in [0, 0.05) is 46.5 Å². The van der Waals surface area contributed by atoms with Gasteiger partial charge in [0.05, 0.1) is 5.69 Å². The molecule has 0 unspecified atom stereocenters. The Morgan fingerprint density at radius 1 is 1.04 bits per heavy atom. The molecule has 0 radical (unpaired) electrons. The van der Waals surface area contributed by atoms with Crippen molar-refractivity contribution in [2.24, 2.45) is 7.05 Å². The number of para-hydroxylation sites is 1. The second-order valence-corrected chi connectivity index (χ2v) is 8.24. The minimum atomic E-state index is -0.149. The monoisotopic (exact) mass is 374 g/mol.